The number of unbranched alkanes of at least 4 members (excludes halogenated alkanes) is 1. The number of nitrogens with zero attached hydrogens (tertiary/aromatic N) is 2. The number of rotatable bonds is 4. The summed E-state index contributed by atoms with van der Waals surface area (Å²) < 4.78 is 0. The first-order valence-electron chi connectivity index (χ1n) is 6.34. The van der Waals surface area contributed by atoms with Crippen molar-refractivity contribution < 1.29 is 0 Å². The molecule has 0 spiro atoms. The molecule has 2 nitrogen and oxygen atoms in total. The molecular weight excluding hydrogens is 196 g/mol. The molecule has 0 bridgehead atoms. The van der Waals surface area contributed by atoms with E-state index in [0.29, 0.717) is 11.6 Å². The Balaban J connectivity index is 2.82. The van der Waals surface area contributed by atoms with E-state index in [-0.39, 0.29) is 0 Å². The van der Waals surface area contributed by atoms with Crippen LogP contribution in [0.5, 0.6) is 0 Å². The van der Waals surface area contributed by atoms with Crippen molar-refractivity contribution in [3.8, 4) is 6.07 Å². The van der Waals surface area contributed by atoms with E-state index in [9.17, 15) is 0 Å². The van der Waals surface area contributed by atoms with Crippen LogP contribution in [0, 0.1) is 23.8 Å². The number of allylic oxidation sites excluding steroid dienone is 2. The van der Waals surface area contributed by atoms with Crippen molar-refractivity contribution in [1.82, 2.24) is 0 Å². The van der Waals surface area contributed by atoms with Gasteiger partial charge in [-0.1, -0.05) is 44.6 Å². The van der Waals surface area contributed by atoms with Crippen LogP contribution in [0.4, 0.5) is 0 Å². The molecule has 1 rings (SSSR count). The van der Waals surface area contributed by atoms with Crippen LogP contribution in [-0.2, 0) is 0 Å². The van der Waals surface area contributed by atoms with Crippen LogP contribution in [-0.4, -0.2) is 0 Å². The van der Waals surface area contributed by atoms with Gasteiger partial charge in [0.1, 0.15) is 0 Å². The maximum atomic E-state index is 9.00. The Morgan fingerprint density at radius 3 is 2.56 bits per heavy atom. The minimum Gasteiger partial charge on any atom is -0.227 e. The second-order valence-electron chi connectivity index (χ2n) is 4.54. The standard InChI is InChI=1S/C14H20N2/c1-3-4-10-13(14(11-15)16-2)12-8-6-5-7-9-12/h12H,3-10H2,1H3. The first-order valence-corrected chi connectivity index (χ1v) is 6.34. The molecule has 1 aliphatic carbocycles. The quantitative estimate of drug-likeness (QED) is 0.504. The highest BCUT2D eigenvalue weighted by molar-refractivity contribution is 5.34. The van der Waals surface area contributed by atoms with Crippen LogP contribution >= 0.6 is 0 Å². The van der Waals surface area contributed by atoms with E-state index in [2.05, 4.69) is 17.8 Å². The van der Waals surface area contributed by atoms with Crippen molar-refractivity contribution in [2.75, 3.05) is 0 Å². The van der Waals surface area contributed by atoms with Gasteiger partial charge >= 0.3 is 0 Å². The molecule has 0 saturated heterocycles. The Labute approximate surface area is 98.8 Å². The van der Waals surface area contributed by atoms with Crippen molar-refractivity contribution >= 4 is 0 Å². The highest BCUT2D eigenvalue weighted by Gasteiger charge is 2.20. The fraction of sp³-hybridized carbons (Fsp3) is 0.714. The third kappa shape index (κ3) is 3.38. The molecule has 1 saturated carbocycles. The van der Waals surface area contributed by atoms with Crippen molar-refractivity contribution in [1.29, 1.82) is 5.26 Å². The maximum absolute atomic E-state index is 9.00. The van der Waals surface area contributed by atoms with Gasteiger partial charge in [-0.2, -0.15) is 0 Å². The molecule has 2 heteroatoms. The molecule has 0 amide bonds. The summed E-state index contributed by atoms with van der Waals surface area (Å²) in [5.41, 5.74) is 1.53. The summed E-state index contributed by atoms with van der Waals surface area (Å²) in [4.78, 5) is 3.40. The highest BCUT2D eigenvalue weighted by atomic mass is 14.7. The average Bonchev–Trinajstić information content (AvgIpc) is 2.35. The minimum absolute atomic E-state index is 0.375. The van der Waals surface area contributed by atoms with Gasteiger partial charge in [-0.05, 0) is 25.2 Å². The fourth-order valence-corrected chi connectivity index (χ4v) is 2.50. The van der Waals surface area contributed by atoms with Crippen molar-refractivity contribution in [3.63, 3.8) is 0 Å². The molecule has 0 radical (unpaired) electrons. The predicted octanol–water partition coefficient (Wildman–Crippen LogP) is 4.45. The van der Waals surface area contributed by atoms with E-state index in [1.807, 2.05) is 0 Å². The molecule has 0 aromatic rings. The summed E-state index contributed by atoms with van der Waals surface area (Å²) >= 11 is 0. The second-order valence-corrected chi connectivity index (χ2v) is 4.54. The van der Waals surface area contributed by atoms with Gasteiger partial charge in [0.05, 0.1) is 12.6 Å². The number of hydrogen-bond donors (Lipinski definition) is 0. The third-order valence-corrected chi connectivity index (χ3v) is 3.42. The first kappa shape index (κ1) is 12.8. The molecule has 0 aliphatic heterocycles. The maximum Gasteiger partial charge on any atom is 0.261 e. The minimum atomic E-state index is 0.375. The van der Waals surface area contributed by atoms with Crippen LogP contribution in [0.1, 0.15) is 58.3 Å². The van der Waals surface area contributed by atoms with Crippen LogP contribution in [0.2, 0.25) is 0 Å². The zero-order valence-corrected chi connectivity index (χ0v) is 10.1. The third-order valence-electron chi connectivity index (χ3n) is 3.42. The summed E-state index contributed by atoms with van der Waals surface area (Å²) in [7, 11) is 0. The van der Waals surface area contributed by atoms with Gasteiger partial charge in [-0.3, -0.25) is 0 Å². The lowest BCUT2D eigenvalue weighted by Gasteiger charge is -2.25. The van der Waals surface area contributed by atoms with Crippen molar-refractivity contribution in [2.45, 2.75) is 58.3 Å². The van der Waals surface area contributed by atoms with E-state index >= 15 is 0 Å². The lowest BCUT2D eigenvalue weighted by molar-refractivity contribution is 0.392. The Kier molecular flexibility index (Phi) is 5.65. The van der Waals surface area contributed by atoms with E-state index < -0.39 is 0 Å². The molecule has 16 heavy (non-hydrogen) atoms. The SMILES string of the molecule is [C-]#[N+]C(C#N)=C(CCCC)C1CCCCC1. The van der Waals surface area contributed by atoms with Crippen LogP contribution in [0.15, 0.2) is 11.3 Å². The lowest BCUT2D eigenvalue weighted by Crippen LogP contribution is -2.10. The summed E-state index contributed by atoms with van der Waals surface area (Å²) in [6.07, 6.45) is 9.39. The zero-order valence-electron chi connectivity index (χ0n) is 10.1. The zero-order chi connectivity index (χ0) is 11.8. The van der Waals surface area contributed by atoms with Gasteiger partial charge in [0, 0.05) is 0 Å². The number of hydrogen-bond acceptors (Lipinski definition) is 1. The van der Waals surface area contributed by atoms with E-state index in [1.165, 1.54) is 32.1 Å². The summed E-state index contributed by atoms with van der Waals surface area (Å²) in [5.74, 6) is 0.518. The first-order chi connectivity index (χ1) is 7.83. The molecule has 0 atom stereocenters. The summed E-state index contributed by atoms with van der Waals surface area (Å²) in [6.45, 7) is 9.24. The molecule has 86 valence electrons. The molecule has 0 unspecified atom stereocenters. The van der Waals surface area contributed by atoms with Gasteiger partial charge in [0.15, 0.2) is 0 Å². The number of nitriles is 1. The molecule has 0 aromatic carbocycles. The van der Waals surface area contributed by atoms with E-state index in [4.69, 9.17) is 11.8 Å². The Bertz CT molecular complexity index is 306. The van der Waals surface area contributed by atoms with Gasteiger partial charge < -0.3 is 0 Å². The highest BCUT2D eigenvalue weighted by Crippen LogP contribution is 2.34. The van der Waals surface area contributed by atoms with Crippen molar-refractivity contribution in [2.24, 2.45) is 5.92 Å². The molecule has 0 heterocycles. The summed E-state index contributed by atoms with van der Waals surface area (Å²) in [6, 6.07) is 2.08. The lowest BCUT2D eigenvalue weighted by atomic mass is 9.81. The van der Waals surface area contributed by atoms with E-state index in [0.717, 1.165) is 24.8 Å². The molecule has 0 N–H and O–H groups in total. The second kappa shape index (κ2) is 7.07. The van der Waals surface area contributed by atoms with Gasteiger partial charge in [0.25, 0.3) is 5.70 Å². The molecule has 0 aromatic heterocycles. The van der Waals surface area contributed by atoms with Crippen LogP contribution in [0.25, 0.3) is 4.85 Å². The normalized spacial score (nSPS) is 18.4. The van der Waals surface area contributed by atoms with Crippen molar-refractivity contribution in [3.05, 3.63) is 22.7 Å². The molecule has 1 fully saturated rings. The van der Waals surface area contributed by atoms with Gasteiger partial charge in [0.2, 0.25) is 0 Å². The van der Waals surface area contributed by atoms with Gasteiger partial charge in [-0.25, -0.2) is 10.1 Å². The Morgan fingerprint density at radius 1 is 1.38 bits per heavy atom. The predicted molar refractivity (Wildman–Crippen MR) is 65.3 cm³/mol. The summed E-state index contributed by atoms with van der Waals surface area (Å²) in [5, 5.41) is 9.00. The molecular formula is C14H20N2. The monoisotopic (exact) mass is 216 g/mol. The topological polar surface area (TPSA) is 28.1 Å². The van der Waals surface area contributed by atoms with Crippen LogP contribution < -0.4 is 0 Å². The Hall–Kier alpha value is -1.28. The smallest absolute Gasteiger partial charge is 0.227 e. The van der Waals surface area contributed by atoms with E-state index in [1.54, 1.807) is 0 Å². The average molecular weight is 216 g/mol. The fourth-order valence-electron chi connectivity index (χ4n) is 2.50. The molecule has 1 aliphatic rings. The largest absolute Gasteiger partial charge is 0.261 e. The Morgan fingerprint density at radius 2 is 2.06 bits per heavy atom. The van der Waals surface area contributed by atoms with Gasteiger partial charge in [-0.15, -0.1) is 0 Å². The van der Waals surface area contributed by atoms with Crippen LogP contribution in [0.3, 0.4) is 0 Å².